The number of rotatable bonds is 5. The molecule has 3 aromatic heterocycles. The number of halogens is 1. The zero-order valence-corrected chi connectivity index (χ0v) is 16.8. The van der Waals surface area contributed by atoms with E-state index in [1.54, 1.807) is 12.1 Å². The van der Waals surface area contributed by atoms with Gasteiger partial charge in [0.1, 0.15) is 22.7 Å². The molecule has 0 atom stereocenters. The van der Waals surface area contributed by atoms with Crippen molar-refractivity contribution in [1.29, 1.82) is 0 Å². The van der Waals surface area contributed by atoms with Gasteiger partial charge in [0, 0.05) is 18.3 Å². The van der Waals surface area contributed by atoms with Gasteiger partial charge in [-0.05, 0) is 60.5 Å². The van der Waals surface area contributed by atoms with Crippen molar-refractivity contribution < 1.29 is 13.6 Å². The topological polar surface area (TPSA) is 72.4 Å². The lowest BCUT2D eigenvalue weighted by atomic mass is 10.2. The zero-order valence-electron chi connectivity index (χ0n) is 16.8. The van der Waals surface area contributed by atoms with Gasteiger partial charge in [-0.1, -0.05) is 19.1 Å². The predicted molar refractivity (Wildman–Crippen MR) is 115 cm³/mol. The fourth-order valence-electron chi connectivity index (χ4n) is 3.60. The van der Waals surface area contributed by atoms with Gasteiger partial charge in [0.2, 0.25) is 5.89 Å². The summed E-state index contributed by atoms with van der Waals surface area (Å²) >= 11 is 0. The first kappa shape index (κ1) is 19.0. The number of hydrogen-bond acceptors (Lipinski definition) is 4. The second kappa shape index (κ2) is 7.68. The molecule has 3 heterocycles. The highest BCUT2D eigenvalue weighted by atomic mass is 19.1. The highest BCUT2D eigenvalue weighted by molar-refractivity contribution is 5.94. The molecule has 1 N–H and O–H groups in total. The number of nitrogens with zero attached hydrogens (tertiary/aromatic N) is 3. The third-order valence-corrected chi connectivity index (χ3v) is 5.15. The van der Waals surface area contributed by atoms with E-state index in [1.165, 1.54) is 12.1 Å². The monoisotopic (exact) mass is 414 g/mol. The third-order valence-electron chi connectivity index (χ3n) is 5.15. The van der Waals surface area contributed by atoms with E-state index in [1.807, 2.05) is 53.9 Å². The number of aryl methyl sites for hydroxylation is 1. The number of aromatic nitrogens is 3. The molecular formula is C24H19FN4O2. The molecule has 0 spiro atoms. The number of nitrogens with one attached hydrogen (secondary N) is 1. The second-order valence-corrected chi connectivity index (χ2v) is 7.20. The fraction of sp³-hybridized carbons (Fsp3) is 0.125. The molecule has 0 fully saturated rings. The number of carbonyl (C=O) groups excluding carboxylic acids is 1. The van der Waals surface area contributed by atoms with E-state index < -0.39 is 0 Å². The predicted octanol–water partition coefficient (Wildman–Crippen LogP) is 4.77. The summed E-state index contributed by atoms with van der Waals surface area (Å²) in [6, 6.07) is 17.2. The van der Waals surface area contributed by atoms with Crippen molar-refractivity contribution in [3.63, 3.8) is 0 Å². The van der Waals surface area contributed by atoms with Crippen LogP contribution in [0.5, 0.6) is 0 Å². The summed E-state index contributed by atoms with van der Waals surface area (Å²) < 4.78 is 20.7. The van der Waals surface area contributed by atoms with Crippen LogP contribution in [0.4, 0.5) is 4.39 Å². The van der Waals surface area contributed by atoms with Crippen LogP contribution in [0.1, 0.15) is 28.7 Å². The smallest absolute Gasteiger partial charge is 0.270 e. The van der Waals surface area contributed by atoms with Crippen molar-refractivity contribution in [2.75, 3.05) is 0 Å². The van der Waals surface area contributed by atoms with Gasteiger partial charge in [-0.15, -0.1) is 0 Å². The first-order valence-electron chi connectivity index (χ1n) is 10.0. The van der Waals surface area contributed by atoms with Crippen LogP contribution in [-0.4, -0.2) is 20.3 Å². The molecule has 0 aliphatic rings. The van der Waals surface area contributed by atoms with E-state index in [-0.39, 0.29) is 11.7 Å². The summed E-state index contributed by atoms with van der Waals surface area (Å²) in [6.45, 7) is 2.33. The minimum atomic E-state index is -0.310. The largest absolute Gasteiger partial charge is 0.436 e. The lowest BCUT2D eigenvalue weighted by Crippen LogP contribution is -2.25. The normalized spacial score (nSPS) is 11.3. The molecule has 0 unspecified atom stereocenters. The van der Waals surface area contributed by atoms with Gasteiger partial charge in [0.15, 0.2) is 5.58 Å². The summed E-state index contributed by atoms with van der Waals surface area (Å²) in [5, 5.41) is 2.98. The zero-order chi connectivity index (χ0) is 21.4. The number of pyridine rings is 1. The molecule has 0 radical (unpaired) electrons. The maximum atomic E-state index is 13.2. The van der Waals surface area contributed by atoms with Crippen LogP contribution in [0.15, 0.2) is 71.3 Å². The standard InChI is InChI=1S/C24H19FN4O2/c1-2-18-22(29-12-4-3-5-21(29)27-18)23(30)26-14-15-6-11-20-19(13-15)28-24(31-20)16-7-9-17(25)10-8-16/h3-13H,2,14H2,1H3,(H,26,30). The molecule has 5 rings (SSSR count). The number of amides is 1. The molecule has 154 valence electrons. The van der Waals surface area contributed by atoms with Crippen molar-refractivity contribution in [1.82, 2.24) is 19.7 Å². The summed E-state index contributed by atoms with van der Waals surface area (Å²) in [4.78, 5) is 22.0. The molecule has 0 saturated heterocycles. The van der Waals surface area contributed by atoms with Crippen molar-refractivity contribution >= 4 is 22.7 Å². The van der Waals surface area contributed by atoms with E-state index in [2.05, 4.69) is 15.3 Å². The number of imidazole rings is 1. The van der Waals surface area contributed by atoms with Crippen molar-refractivity contribution in [2.24, 2.45) is 0 Å². The van der Waals surface area contributed by atoms with Crippen LogP contribution >= 0.6 is 0 Å². The van der Waals surface area contributed by atoms with Gasteiger partial charge in [-0.3, -0.25) is 9.20 Å². The Morgan fingerprint density at radius 2 is 1.94 bits per heavy atom. The quantitative estimate of drug-likeness (QED) is 0.450. The van der Waals surface area contributed by atoms with E-state index in [4.69, 9.17) is 4.42 Å². The first-order valence-corrected chi connectivity index (χ1v) is 10.0. The molecule has 6 nitrogen and oxygen atoms in total. The van der Waals surface area contributed by atoms with Crippen LogP contribution in [0, 0.1) is 5.82 Å². The number of oxazole rings is 1. The Morgan fingerprint density at radius 3 is 2.74 bits per heavy atom. The molecule has 0 bridgehead atoms. The molecule has 31 heavy (non-hydrogen) atoms. The van der Waals surface area contributed by atoms with Gasteiger partial charge in [0.25, 0.3) is 5.91 Å². The van der Waals surface area contributed by atoms with Gasteiger partial charge >= 0.3 is 0 Å². The molecule has 5 aromatic rings. The number of benzene rings is 2. The summed E-state index contributed by atoms with van der Waals surface area (Å²) in [5.41, 5.74) is 4.97. The van der Waals surface area contributed by atoms with Gasteiger partial charge in [-0.25, -0.2) is 14.4 Å². The Hall–Kier alpha value is -4.00. The van der Waals surface area contributed by atoms with E-state index in [0.717, 1.165) is 16.9 Å². The lowest BCUT2D eigenvalue weighted by molar-refractivity contribution is 0.0944. The van der Waals surface area contributed by atoms with Crippen LogP contribution in [-0.2, 0) is 13.0 Å². The highest BCUT2D eigenvalue weighted by Gasteiger charge is 2.18. The van der Waals surface area contributed by atoms with Gasteiger partial charge < -0.3 is 9.73 Å². The second-order valence-electron chi connectivity index (χ2n) is 7.20. The van der Waals surface area contributed by atoms with Gasteiger partial charge in [-0.2, -0.15) is 0 Å². The van der Waals surface area contributed by atoms with Crippen LogP contribution in [0.2, 0.25) is 0 Å². The maximum absolute atomic E-state index is 13.2. The van der Waals surface area contributed by atoms with Crippen molar-refractivity contribution in [2.45, 2.75) is 19.9 Å². The molecule has 2 aromatic carbocycles. The minimum absolute atomic E-state index is 0.178. The molecule has 7 heteroatoms. The number of fused-ring (bicyclic) bond motifs is 2. The van der Waals surface area contributed by atoms with Crippen LogP contribution < -0.4 is 5.32 Å². The highest BCUT2D eigenvalue weighted by Crippen LogP contribution is 2.25. The first-order chi connectivity index (χ1) is 15.1. The number of carbonyl (C=O) groups is 1. The Morgan fingerprint density at radius 1 is 1.10 bits per heavy atom. The molecule has 1 amide bonds. The lowest BCUT2D eigenvalue weighted by Gasteiger charge is -2.07. The van der Waals surface area contributed by atoms with Crippen molar-refractivity contribution in [3.05, 3.63) is 89.6 Å². The molecule has 0 aliphatic heterocycles. The fourth-order valence-corrected chi connectivity index (χ4v) is 3.60. The van der Waals surface area contributed by atoms with E-state index in [9.17, 15) is 9.18 Å². The Balaban J connectivity index is 1.37. The Bertz CT molecular complexity index is 1400. The third kappa shape index (κ3) is 3.54. The van der Waals surface area contributed by atoms with E-state index >= 15 is 0 Å². The van der Waals surface area contributed by atoms with Gasteiger partial charge in [0.05, 0.1) is 5.69 Å². The van der Waals surface area contributed by atoms with E-state index in [0.29, 0.717) is 41.2 Å². The maximum Gasteiger partial charge on any atom is 0.270 e. The Kier molecular flexibility index (Phi) is 4.71. The SMILES string of the molecule is CCc1nc2ccccn2c1C(=O)NCc1ccc2oc(-c3ccc(F)cc3)nc2c1. The summed E-state index contributed by atoms with van der Waals surface area (Å²) in [5.74, 6) is -0.0626. The number of hydrogen-bond donors (Lipinski definition) is 1. The molecular weight excluding hydrogens is 395 g/mol. The summed E-state index contributed by atoms with van der Waals surface area (Å²) in [6.07, 6.45) is 2.51. The average Bonchev–Trinajstić information content (AvgIpc) is 3.38. The average molecular weight is 414 g/mol. The molecule has 0 saturated carbocycles. The van der Waals surface area contributed by atoms with Crippen LogP contribution in [0.3, 0.4) is 0 Å². The minimum Gasteiger partial charge on any atom is -0.436 e. The van der Waals surface area contributed by atoms with Crippen LogP contribution in [0.25, 0.3) is 28.2 Å². The van der Waals surface area contributed by atoms with Crippen molar-refractivity contribution in [3.8, 4) is 11.5 Å². The molecule has 0 aliphatic carbocycles. The Labute approximate surface area is 177 Å². The summed E-state index contributed by atoms with van der Waals surface area (Å²) in [7, 11) is 0.